The van der Waals surface area contributed by atoms with Gasteiger partial charge in [0.2, 0.25) is 0 Å². The number of hydrogen-bond acceptors (Lipinski definition) is 2. The first-order valence-corrected chi connectivity index (χ1v) is 6.36. The van der Waals surface area contributed by atoms with Crippen molar-refractivity contribution < 1.29 is 5.11 Å². The molecular formula is C13H27NO. The van der Waals surface area contributed by atoms with Gasteiger partial charge in [-0.1, -0.05) is 20.8 Å². The maximum Gasteiger partial charge on any atom is 0.0768 e. The molecule has 0 aliphatic carbocycles. The van der Waals surface area contributed by atoms with Crippen molar-refractivity contribution in [2.75, 3.05) is 19.6 Å². The molecule has 1 heterocycles. The Morgan fingerprint density at radius 1 is 1.33 bits per heavy atom. The molecule has 0 spiro atoms. The zero-order chi connectivity index (χ0) is 11.5. The van der Waals surface area contributed by atoms with Gasteiger partial charge in [-0.25, -0.2) is 0 Å². The molecule has 0 aromatic carbocycles. The highest BCUT2D eigenvalue weighted by Gasteiger charge is 2.28. The zero-order valence-corrected chi connectivity index (χ0v) is 10.8. The fourth-order valence-corrected chi connectivity index (χ4v) is 2.12. The maximum absolute atomic E-state index is 10.3. The molecule has 0 radical (unpaired) electrons. The van der Waals surface area contributed by atoms with Crippen LogP contribution in [-0.2, 0) is 0 Å². The molecule has 1 fully saturated rings. The molecule has 2 atom stereocenters. The Hall–Kier alpha value is -0.0800. The van der Waals surface area contributed by atoms with Gasteiger partial charge < -0.3 is 10.0 Å². The Labute approximate surface area is 94.7 Å². The molecule has 0 bridgehead atoms. The minimum absolute atomic E-state index is 0.332. The standard InChI is InChI=1S/C13H27NO/c1-11(2)13(4,15)10-14-8-5-6-12(3)7-9-14/h11-12,15H,5-10H2,1-4H3. The van der Waals surface area contributed by atoms with Gasteiger partial charge in [0.15, 0.2) is 0 Å². The van der Waals surface area contributed by atoms with E-state index in [1.807, 2.05) is 6.92 Å². The van der Waals surface area contributed by atoms with E-state index in [1.165, 1.54) is 19.3 Å². The first kappa shape index (κ1) is 13.0. The molecule has 0 aromatic heterocycles. The van der Waals surface area contributed by atoms with Crippen LogP contribution in [0.1, 0.15) is 47.0 Å². The molecule has 1 N–H and O–H groups in total. The van der Waals surface area contributed by atoms with Crippen LogP contribution in [0.25, 0.3) is 0 Å². The van der Waals surface area contributed by atoms with Gasteiger partial charge in [0.05, 0.1) is 5.60 Å². The lowest BCUT2D eigenvalue weighted by molar-refractivity contribution is -0.0182. The van der Waals surface area contributed by atoms with E-state index in [0.29, 0.717) is 5.92 Å². The van der Waals surface area contributed by atoms with Gasteiger partial charge in [0.1, 0.15) is 0 Å². The van der Waals surface area contributed by atoms with Gasteiger partial charge >= 0.3 is 0 Å². The number of hydrogen-bond donors (Lipinski definition) is 1. The molecule has 2 unspecified atom stereocenters. The zero-order valence-electron chi connectivity index (χ0n) is 10.8. The van der Waals surface area contributed by atoms with Crippen molar-refractivity contribution in [3.63, 3.8) is 0 Å². The summed E-state index contributed by atoms with van der Waals surface area (Å²) in [4.78, 5) is 2.43. The van der Waals surface area contributed by atoms with Crippen LogP contribution in [-0.4, -0.2) is 35.2 Å². The van der Waals surface area contributed by atoms with Crippen LogP contribution < -0.4 is 0 Å². The van der Waals surface area contributed by atoms with Gasteiger partial charge in [-0.05, 0) is 51.1 Å². The summed E-state index contributed by atoms with van der Waals surface area (Å²) in [7, 11) is 0. The average molecular weight is 213 g/mol. The predicted molar refractivity (Wildman–Crippen MR) is 64.9 cm³/mol. The van der Waals surface area contributed by atoms with Crippen molar-refractivity contribution >= 4 is 0 Å². The second-order valence-corrected chi connectivity index (χ2v) is 5.82. The average Bonchev–Trinajstić information content (AvgIpc) is 2.30. The SMILES string of the molecule is CC1CCCN(CC(C)(O)C(C)C)CC1. The van der Waals surface area contributed by atoms with E-state index >= 15 is 0 Å². The van der Waals surface area contributed by atoms with Crippen LogP contribution in [0.3, 0.4) is 0 Å². The molecule has 2 nitrogen and oxygen atoms in total. The normalized spacial score (nSPS) is 28.8. The monoisotopic (exact) mass is 213 g/mol. The third-order valence-corrected chi connectivity index (χ3v) is 3.90. The molecule has 1 saturated heterocycles. The van der Waals surface area contributed by atoms with Crippen molar-refractivity contribution in [3.05, 3.63) is 0 Å². The molecule has 15 heavy (non-hydrogen) atoms. The predicted octanol–water partition coefficient (Wildman–Crippen LogP) is 2.52. The lowest BCUT2D eigenvalue weighted by Gasteiger charge is -2.33. The molecule has 1 rings (SSSR count). The van der Waals surface area contributed by atoms with Crippen molar-refractivity contribution in [2.45, 2.75) is 52.6 Å². The summed E-state index contributed by atoms with van der Waals surface area (Å²) in [6, 6.07) is 0. The minimum atomic E-state index is -0.534. The Morgan fingerprint density at radius 3 is 2.60 bits per heavy atom. The van der Waals surface area contributed by atoms with Crippen LogP contribution in [0, 0.1) is 11.8 Å². The topological polar surface area (TPSA) is 23.5 Å². The van der Waals surface area contributed by atoms with Gasteiger partial charge in [0, 0.05) is 6.54 Å². The Bertz CT molecular complexity index is 189. The highest BCUT2D eigenvalue weighted by molar-refractivity contribution is 4.81. The van der Waals surface area contributed by atoms with Crippen molar-refractivity contribution in [1.82, 2.24) is 4.90 Å². The summed E-state index contributed by atoms with van der Waals surface area (Å²) in [5.41, 5.74) is -0.534. The van der Waals surface area contributed by atoms with E-state index < -0.39 is 5.60 Å². The molecular weight excluding hydrogens is 186 g/mol. The van der Waals surface area contributed by atoms with E-state index in [1.54, 1.807) is 0 Å². The first-order valence-electron chi connectivity index (χ1n) is 6.36. The summed E-state index contributed by atoms with van der Waals surface area (Å²) in [6.45, 7) is 11.6. The van der Waals surface area contributed by atoms with E-state index in [2.05, 4.69) is 25.7 Å². The van der Waals surface area contributed by atoms with Crippen LogP contribution >= 0.6 is 0 Å². The van der Waals surface area contributed by atoms with E-state index in [4.69, 9.17) is 0 Å². The van der Waals surface area contributed by atoms with Gasteiger partial charge in [-0.2, -0.15) is 0 Å². The summed E-state index contributed by atoms with van der Waals surface area (Å²) in [5.74, 6) is 1.19. The second kappa shape index (κ2) is 5.31. The minimum Gasteiger partial charge on any atom is -0.389 e. The summed E-state index contributed by atoms with van der Waals surface area (Å²) in [5, 5.41) is 10.3. The van der Waals surface area contributed by atoms with Crippen molar-refractivity contribution in [3.8, 4) is 0 Å². The second-order valence-electron chi connectivity index (χ2n) is 5.82. The van der Waals surface area contributed by atoms with Gasteiger partial charge in [-0.15, -0.1) is 0 Å². The smallest absolute Gasteiger partial charge is 0.0768 e. The summed E-state index contributed by atoms with van der Waals surface area (Å²) in [6.07, 6.45) is 3.92. The lowest BCUT2D eigenvalue weighted by Crippen LogP contribution is -2.44. The van der Waals surface area contributed by atoms with Crippen molar-refractivity contribution in [2.24, 2.45) is 11.8 Å². The van der Waals surface area contributed by atoms with Gasteiger partial charge in [0.25, 0.3) is 0 Å². The van der Waals surface area contributed by atoms with Crippen LogP contribution in [0.5, 0.6) is 0 Å². The summed E-state index contributed by atoms with van der Waals surface area (Å²) < 4.78 is 0. The van der Waals surface area contributed by atoms with Gasteiger partial charge in [-0.3, -0.25) is 0 Å². The fraction of sp³-hybridized carbons (Fsp3) is 1.00. The number of aliphatic hydroxyl groups is 1. The number of likely N-dealkylation sites (tertiary alicyclic amines) is 1. The quantitative estimate of drug-likeness (QED) is 0.778. The lowest BCUT2D eigenvalue weighted by atomic mass is 9.92. The Balaban J connectivity index is 2.44. The largest absolute Gasteiger partial charge is 0.389 e. The van der Waals surface area contributed by atoms with E-state index in [9.17, 15) is 5.11 Å². The highest BCUT2D eigenvalue weighted by Crippen LogP contribution is 2.21. The Morgan fingerprint density at radius 2 is 2.00 bits per heavy atom. The molecule has 0 amide bonds. The molecule has 2 heteroatoms. The van der Waals surface area contributed by atoms with Crippen LogP contribution in [0.15, 0.2) is 0 Å². The first-order chi connectivity index (χ1) is 6.92. The number of β-amino-alcohol motifs (C(OH)–C–C–N with tert-alkyl or cyclic N) is 1. The fourth-order valence-electron chi connectivity index (χ4n) is 2.12. The molecule has 0 saturated carbocycles. The number of nitrogens with zero attached hydrogens (tertiary/aromatic N) is 1. The molecule has 0 aromatic rings. The molecule has 1 aliphatic rings. The van der Waals surface area contributed by atoms with Crippen molar-refractivity contribution in [1.29, 1.82) is 0 Å². The Kier molecular flexibility index (Phi) is 4.60. The third kappa shape index (κ3) is 4.12. The van der Waals surface area contributed by atoms with Crippen LogP contribution in [0.4, 0.5) is 0 Å². The highest BCUT2D eigenvalue weighted by atomic mass is 16.3. The third-order valence-electron chi connectivity index (χ3n) is 3.90. The van der Waals surface area contributed by atoms with Crippen LogP contribution in [0.2, 0.25) is 0 Å². The number of rotatable bonds is 3. The van der Waals surface area contributed by atoms with E-state index in [0.717, 1.165) is 25.6 Å². The maximum atomic E-state index is 10.3. The molecule has 90 valence electrons. The summed E-state index contributed by atoms with van der Waals surface area (Å²) >= 11 is 0. The molecule has 1 aliphatic heterocycles. The van der Waals surface area contributed by atoms with E-state index in [-0.39, 0.29) is 0 Å².